The molecule has 0 saturated carbocycles. The van der Waals surface area contributed by atoms with Crippen molar-refractivity contribution in [3.8, 4) is 10.4 Å². The van der Waals surface area contributed by atoms with Crippen molar-refractivity contribution in [2.75, 3.05) is 0 Å². The number of thiophene rings is 2. The van der Waals surface area contributed by atoms with E-state index in [2.05, 4.69) is 9.97 Å². The lowest BCUT2D eigenvalue weighted by molar-refractivity contribution is 0.977. The highest BCUT2D eigenvalue weighted by Gasteiger charge is 2.17. The lowest BCUT2D eigenvalue weighted by Gasteiger charge is -2.05. The number of nitrogens with one attached hydrogen (secondary N) is 1. The molecule has 0 fully saturated rings. The SMILES string of the molecule is Cc1sc2nc(Cc3ccc(Cl)cc3Cl)[nH]c(=O)c2c1-c1cccs1. The van der Waals surface area contributed by atoms with Crippen molar-refractivity contribution in [3.05, 3.63) is 72.4 Å². The molecule has 0 amide bonds. The van der Waals surface area contributed by atoms with Crippen molar-refractivity contribution in [1.82, 2.24) is 9.97 Å². The zero-order chi connectivity index (χ0) is 17.6. The number of nitrogens with zero attached hydrogens (tertiary/aromatic N) is 1. The van der Waals surface area contributed by atoms with Gasteiger partial charge in [-0.05, 0) is 36.1 Å². The molecule has 0 saturated heterocycles. The summed E-state index contributed by atoms with van der Waals surface area (Å²) in [6.07, 6.45) is 0.451. The van der Waals surface area contributed by atoms with Crippen LogP contribution in [0.15, 0.2) is 40.5 Å². The fourth-order valence-corrected chi connectivity index (χ4v) is 5.24. The van der Waals surface area contributed by atoms with Crippen LogP contribution in [0.4, 0.5) is 0 Å². The van der Waals surface area contributed by atoms with Crippen molar-refractivity contribution in [2.45, 2.75) is 13.3 Å². The maximum absolute atomic E-state index is 12.7. The molecule has 1 aromatic carbocycles. The van der Waals surface area contributed by atoms with Gasteiger partial charge in [0.15, 0.2) is 0 Å². The first-order valence-corrected chi connectivity index (χ1v) is 9.98. The summed E-state index contributed by atoms with van der Waals surface area (Å²) >= 11 is 15.3. The topological polar surface area (TPSA) is 45.8 Å². The van der Waals surface area contributed by atoms with Gasteiger partial charge in [-0.15, -0.1) is 22.7 Å². The summed E-state index contributed by atoms with van der Waals surface area (Å²) in [5, 5.41) is 3.82. The molecule has 7 heteroatoms. The first-order valence-electron chi connectivity index (χ1n) is 7.53. The standard InChI is InChI=1S/C18H12Cl2N2OS2/c1-9-15(13-3-2-6-24-13)16-17(23)21-14(22-18(16)25-9)7-10-4-5-11(19)8-12(10)20/h2-6,8H,7H2,1H3,(H,21,22,23). The van der Waals surface area contributed by atoms with Gasteiger partial charge in [0.05, 0.1) is 5.39 Å². The van der Waals surface area contributed by atoms with Crippen LogP contribution in [0.3, 0.4) is 0 Å². The number of hydrogen-bond donors (Lipinski definition) is 1. The normalized spacial score (nSPS) is 11.3. The van der Waals surface area contributed by atoms with E-state index in [1.807, 2.05) is 30.5 Å². The van der Waals surface area contributed by atoms with Gasteiger partial charge in [0.25, 0.3) is 5.56 Å². The number of hydrogen-bond acceptors (Lipinski definition) is 4. The lowest BCUT2D eigenvalue weighted by atomic mass is 10.1. The minimum absolute atomic E-state index is 0.113. The number of aryl methyl sites for hydroxylation is 1. The maximum Gasteiger partial charge on any atom is 0.260 e. The Bertz CT molecular complexity index is 1130. The Labute approximate surface area is 161 Å². The molecular formula is C18H12Cl2N2OS2. The van der Waals surface area contributed by atoms with Gasteiger partial charge in [-0.25, -0.2) is 4.98 Å². The molecule has 25 heavy (non-hydrogen) atoms. The molecule has 3 aromatic heterocycles. The van der Waals surface area contributed by atoms with Gasteiger partial charge in [-0.3, -0.25) is 4.79 Å². The smallest absolute Gasteiger partial charge is 0.260 e. The second-order valence-corrected chi connectivity index (χ2v) is 8.61. The van der Waals surface area contributed by atoms with Gasteiger partial charge in [0.1, 0.15) is 10.7 Å². The Hall–Kier alpha value is -1.66. The van der Waals surface area contributed by atoms with Crippen molar-refractivity contribution in [3.63, 3.8) is 0 Å². The first kappa shape index (κ1) is 16.8. The minimum Gasteiger partial charge on any atom is -0.310 e. The van der Waals surface area contributed by atoms with Crippen molar-refractivity contribution in [2.24, 2.45) is 0 Å². The molecule has 1 N–H and O–H groups in total. The monoisotopic (exact) mass is 406 g/mol. The van der Waals surface area contributed by atoms with Crippen LogP contribution in [-0.4, -0.2) is 9.97 Å². The Morgan fingerprint density at radius 1 is 1.24 bits per heavy atom. The Balaban J connectivity index is 1.82. The predicted molar refractivity (Wildman–Crippen MR) is 108 cm³/mol. The highest BCUT2D eigenvalue weighted by molar-refractivity contribution is 7.20. The summed E-state index contributed by atoms with van der Waals surface area (Å²) < 4.78 is 0. The summed E-state index contributed by atoms with van der Waals surface area (Å²) in [7, 11) is 0. The van der Waals surface area contributed by atoms with Gasteiger partial charge in [-0.1, -0.05) is 35.3 Å². The average molecular weight is 407 g/mol. The fourth-order valence-electron chi connectivity index (χ4n) is 2.81. The molecule has 0 atom stereocenters. The molecule has 0 aliphatic rings. The van der Waals surface area contributed by atoms with Crippen LogP contribution in [-0.2, 0) is 6.42 Å². The van der Waals surface area contributed by atoms with Crippen molar-refractivity contribution in [1.29, 1.82) is 0 Å². The van der Waals surface area contributed by atoms with E-state index in [4.69, 9.17) is 23.2 Å². The van der Waals surface area contributed by atoms with Crippen LogP contribution in [0.2, 0.25) is 10.0 Å². The van der Waals surface area contributed by atoms with Crippen LogP contribution >= 0.6 is 45.9 Å². The Kier molecular flexibility index (Phi) is 4.41. The van der Waals surface area contributed by atoms with E-state index in [0.29, 0.717) is 27.7 Å². The Morgan fingerprint density at radius 2 is 2.08 bits per heavy atom. The summed E-state index contributed by atoms with van der Waals surface area (Å²) in [5.74, 6) is 0.598. The minimum atomic E-state index is -0.113. The number of H-pyrrole nitrogens is 1. The summed E-state index contributed by atoms with van der Waals surface area (Å²) in [5.41, 5.74) is 1.75. The molecular weight excluding hydrogens is 395 g/mol. The predicted octanol–water partition coefficient (Wildman–Crippen LogP) is 5.92. The first-order chi connectivity index (χ1) is 12.0. The van der Waals surface area contributed by atoms with Gasteiger partial charge in [0.2, 0.25) is 0 Å². The lowest BCUT2D eigenvalue weighted by Crippen LogP contribution is -2.11. The molecule has 3 nitrogen and oxygen atoms in total. The molecule has 0 aliphatic carbocycles. The van der Waals surface area contributed by atoms with Crippen LogP contribution in [0.5, 0.6) is 0 Å². The zero-order valence-corrected chi connectivity index (χ0v) is 16.2. The summed E-state index contributed by atoms with van der Waals surface area (Å²) in [4.78, 5) is 23.2. The van der Waals surface area contributed by atoms with E-state index < -0.39 is 0 Å². The van der Waals surface area contributed by atoms with Gasteiger partial charge in [0, 0.05) is 31.8 Å². The van der Waals surface area contributed by atoms with E-state index in [1.54, 1.807) is 34.8 Å². The highest BCUT2D eigenvalue weighted by atomic mass is 35.5. The quantitative estimate of drug-likeness (QED) is 0.458. The maximum atomic E-state index is 12.7. The molecule has 0 aliphatic heterocycles. The number of aromatic nitrogens is 2. The van der Waals surface area contributed by atoms with Crippen LogP contribution in [0, 0.1) is 6.92 Å². The fraction of sp³-hybridized carbons (Fsp3) is 0.111. The van der Waals surface area contributed by atoms with E-state index in [1.165, 1.54) is 0 Å². The summed E-state index contributed by atoms with van der Waals surface area (Å²) in [6.45, 7) is 2.02. The zero-order valence-electron chi connectivity index (χ0n) is 13.1. The largest absolute Gasteiger partial charge is 0.310 e. The average Bonchev–Trinajstić information content (AvgIpc) is 3.17. The van der Waals surface area contributed by atoms with Crippen molar-refractivity contribution >= 4 is 56.1 Å². The molecule has 0 radical (unpaired) electrons. The second kappa shape index (κ2) is 6.57. The summed E-state index contributed by atoms with van der Waals surface area (Å²) in [6, 6.07) is 9.34. The third kappa shape index (κ3) is 3.13. The molecule has 4 rings (SSSR count). The van der Waals surface area contributed by atoms with Crippen LogP contribution in [0.25, 0.3) is 20.7 Å². The molecule has 0 spiro atoms. The van der Waals surface area contributed by atoms with E-state index in [0.717, 1.165) is 25.7 Å². The third-order valence-corrected chi connectivity index (χ3v) is 6.40. The molecule has 3 heterocycles. The number of halogens is 2. The number of benzene rings is 1. The number of fused-ring (bicyclic) bond motifs is 1. The van der Waals surface area contributed by atoms with Gasteiger partial charge >= 0.3 is 0 Å². The number of rotatable bonds is 3. The van der Waals surface area contributed by atoms with Crippen LogP contribution in [0.1, 0.15) is 16.3 Å². The third-order valence-electron chi connectivity index (χ3n) is 3.93. The molecule has 0 unspecified atom stereocenters. The molecule has 126 valence electrons. The van der Waals surface area contributed by atoms with E-state index in [9.17, 15) is 4.79 Å². The molecule has 4 aromatic rings. The number of aromatic amines is 1. The Morgan fingerprint density at radius 3 is 2.80 bits per heavy atom. The highest BCUT2D eigenvalue weighted by Crippen LogP contribution is 2.37. The van der Waals surface area contributed by atoms with Crippen LogP contribution < -0.4 is 5.56 Å². The van der Waals surface area contributed by atoms with Gasteiger partial charge < -0.3 is 4.98 Å². The van der Waals surface area contributed by atoms with E-state index >= 15 is 0 Å². The van der Waals surface area contributed by atoms with Gasteiger partial charge in [-0.2, -0.15) is 0 Å². The molecule has 0 bridgehead atoms. The second-order valence-electron chi connectivity index (χ2n) is 5.62. The van der Waals surface area contributed by atoms with E-state index in [-0.39, 0.29) is 5.56 Å². The van der Waals surface area contributed by atoms with Crippen molar-refractivity contribution < 1.29 is 0 Å².